The highest BCUT2D eigenvalue weighted by molar-refractivity contribution is 7.92. The number of H-pyrrole nitrogens is 1. The van der Waals surface area contributed by atoms with Crippen molar-refractivity contribution < 1.29 is 32.3 Å². The summed E-state index contributed by atoms with van der Waals surface area (Å²) in [4.78, 5) is 61.7. The lowest BCUT2D eigenvalue weighted by Gasteiger charge is -2.40. The van der Waals surface area contributed by atoms with E-state index in [9.17, 15) is 27.6 Å². The van der Waals surface area contributed by atoms with Crippen LogP contribution < -0.4 is 20.1 Å². The number of aryl methyl sites for hydroxylation is 1. The Morgan fingerprint density at radius 2 is 1.74 bits per heavy atom. The van der Waals surface area contributed by atoms with E-state index in [-0.39, 0.29) is 72.0 Å². The second-order valence-corrected chi connectivity index (χ2v) is 16.2. The van der Waals surface area contributed by atoms with E-state index in [4.69, 9.17) is 16.3 Å². The number of piperidine rings is 1. The van der Waals surface area contributed by atoms with Gasteiger partial charge in [-0.1, -0.05) is 48.0 Å². The van der Waals surface area contributed by atoms with Crippen molar-refractivity contribution in [2.75, 3.05) is 51.3 Å². The molecule has 3 heterocycles. The molecule has 3 unspecified atom stereocenters. The molecule has 0 saturated carbocycles. The number of likely N-dealkylation sites (tertiary alicyclic amines) is 2. The first-order chi connectivity index (χ1) is 25.8. The molecule has 2 aliphatic rings. The number of carbonyl (C=O) groups is 4. The third-order valence-electron chi connectivity index (χ3n) is 10.4. The van der Waals surface area contributed by atoms with Crippen molar-refractivity contribution in [2.24, 2.45) is 17.8 Å². The molecule has 6 rings (SSSR count). The van der Waals surface area contributed by atoms with Crippen LogP contribution in [0.15, 0.2) is 72.9 Å². The summed E-state index contributed by atoms with van der Waals surface area (Å²) in [6.45, 7) is 1.04. The van der Waals surface area contributed by atoms with E-state index in [1.54, 1.807) is 28.1 Å². The minimum atomic E-state index is -3.59. The summed E-state index contributed by atoms with van der Waals surface area (Å²) in [5.41, 5.74) is 3.24. The third-order valence-corrected chi connectivity index (χ3v) is 11.2. The van der Waals surface area contributed by atoms with E-state index >= 15 is 0 Å². The van der Waals surface area contributed by atoms with E-state index < -0.39 is 22.0 Å². The van der Waals surface area contributed by atoms with Crippen LogP contribution in [0.5, 0.6) is 5.75 Å². The number of methoxy groups -OCH3 is 1. The molecule has 0 spiro atoms. The number of likely N-dealkylation sites (N-methyl/N-ethyl adjacent to an activating group) is 1. The highest BCUT2D eigenvalue weighted by Crippen LogP contribution is 2.37. The summed E-state index contributed by atoms with van der Waals surface area (Å²) >= 11 is 6.17. The standard InChI is InChI=1S/C39H45ClN6O7S/c1-41-38(49)33(11-7-10-24-8-5-4-6-9-24)43-37(48)31-23-45(36(47)17-26-19-42-34-18-28(40)13-14-29(26)34)20-27-21-46(22-30(27)31)39(50)25-12-15-32(35(16-25)53-2)44-54(3,51)52/h4-6,8-9,12-16,18-19,27,30-31,33,42,44H,7,10-11,17,20-23H2,1-3H3,(H,41,49)(H,43,48)/t27?,30?,31?,33-/m0/s1. The average Bonchev–Trinajstić information content (AvgIpc) is 3.77. The summed E-state index contributed by atoms with van der Waals surface area (Å²) in [6.07, 6.45) is 4.75. The first-order valence-electron chi connectivity index (χ1n) is 17.9. The quantitative estimate of drug-likeness (QED) is 0.160. The molecular weight excluding hydrogens is 732 g/mol. The molecule has 4 atom stereocenters. The van der Waals surface area contributed by atoms with Gasteiger partial charge in [-0.2, -0.15) is 0 Å². The Morgan fingerprint density at radius 1 is 0.981 bits per heavy atom. The molecule has 3 aromatic carbocycles. The van der Waals surface area contributed by atoms with E-state index in [0.29, 0.717) is 31.0 Å². The van der Waals surface area contributed by atoms with Gasteiger partial charge in [0.1, 0.15) is 11.8 Å². The normalized spacial score (nSPS) is 18.9. The summed E-state index contributed by atoms with van der Waals surface area (Å²) in [6, 6.07) is 19.1. The molecule has 54 heavy (non-hydrogen) atoms. The number of amides is 4. The van der Waals surface area contributed by atoms with E-state index in [1.807, 2.05) is 36.4 Å². The van der Waals surface area contributed by atoms with Gasteiger partial charge < -0.3 is 30.2 Å². The molecule has 13 nitrogen and oxygen atoms in total. The van der Waals surface area contributed by atoms with Crippen LogP contribution in [0.3, 0.4) is 0 Å². The number of aromatic amines is 1. The van der Waals surface area contributed by atoms with Crippen LogP contribution in [0.4, 0.5) is 5.69 Å². The van der Waals surface area contributed by atoms with Crippen LogP contribution in [-0.4, -0.2) is 99.5 Å². The molecule has 15 heteroatoms. The number of fused-ring (bicyclic) bond motifs is 2. The van der Waals surface area contributed by atoms with Gasteiger partial charge in [0.05, 0.1) is 31.4 Å². The fourth-order valence-corrected chi connectivity index (χ4v) is 8.41. The molecule has 1 aromatic heterocycles. The number of rotatable bonds is 13. The Balaban J connectivity index is 1.23. The molecule has 0 radical (unpaired) electrons. The molecule has 4 amide bonds. The lowest BCUT2D eigenvalue weighted by atomic mass is 9.79. The highest BCUT2D eigenvalue weighted by Gasteiger charge is 2.48. The SMILES string of the molecule is CNC(=O)[C@H](CCCc1ccccc1)NC(=O)C1CN(C(=O)Cc2c[nH]c3cc(Cl)ccc23)CC2CN(C(=O)c3ccc(NS(C)(=O)=O)c(OC)c3)CC21. The fourth-order valence-electron chi connectivity index (χ4n) is 7.67. The molecular formula is C39H45ClN6O7S. The maximum absolute atomic E-state index is 14.3. The van der Waals surface area contributed by atoms with Gasteiger partial charge >= 0.3 is 0 Å². The number of nitrogens with zero attached hydrogens (tertiary/aromatic N) is 2. The number of anilines is 1. The second-order valence-electron chi connectivity index (χ2n) is 14.1. The number of nitrogens with one attached hydrogen (secondary N) is 4. The Labute approximate surface area is 319 Å². The molecule has 2 saturated heterocycles. The minimum absolute atomic E-state index is 0.101. The number of sulfonamides is 1. The maximum Gasteiger partial charge on any atom is 0.254 e. The van der Waals surface area contributed by atoms with Crippen molar-refractivity contribution >= 4 is 61.8 Å². The van der Waals surface area contributed by atoms with Gasteiger partial charge in [-0.15, -0.1) is 0 Å². The number of hydrogen-bond acceptors (Lipinski definition) is 7. The fraction of sp³-hybridized carbons (Fsp3) is 0.385. The van der Waals surface area contributed by atoms with Crippen LogP contribution in [0.25, 0.3) is 10.9 Å². The first-order valence-corrected chi connectivity index (χ1v) is 20.1. The van der Waals surface area contributed by atoms with Crippen molar-refractivity contribution in [2.45, 2.75) is 31.7 Å². The first kappa shape index (κ1) is 38.6. The lowest BCUT2D eigenvalue weighted by molar-refractivity contribution is -0.140. The topological polar surface area (TPSA) is 170 Å². The van der Waals surface area contributed by atoms with E-state index in [0.717, 1.165) is 34.7 Å². The molecule has 0 bridgehead atoms. The largest absolute Gasteiger partial charge is 0.495 e. The summed E-state index contributed by atoms with van der Waals surface area (Å²) < 4.78 is 31.5. The van der Waals surface area contributed by atoms with Gasteiger partial charge in [-0.05, 0) is 72.6 Å². The van der Waals surface area contributed by atoms with Gasteiger partial charge in [0.15, 0.2) is 0 Å². The van der Waals surface area contributed by atoms with E-state index in [1.165, 1.54) is 32.4 Å². The Kier molecular flexibility index (Phi) is 11.8. The zero-order valence-corrected chi connectivity index (χ0v) is 32.0. The molecule has 0 aliphatic carbocycles. The molecule has 286 valence electrons. The molecule has 2 fully saturated rings. The number of halogens is 1. The monoisotopic (exact) mass is 776 g/mol. The highest BCUT2D eigenvalue weighted by atomic mass is 35.5. The third kappa shape index (κ3) is 8.99. The van der Waals surface area contributed by atoms with Crippen molar-refractivity contribution in [1.29, 1.82) is 0 Å². The Hall–Kier alpha value is -5.08. The van der Waals surface area contributed by atoms with Crippen LogP contribution in [0.2, 0.25) is 5.02 Å². The van der Waals surface area contributed by atoms with Crippen molar-refractivity contribution in [1.82, 2.24) is 25.4 Å². The van der Waals surface area contributed by atoms with Crippen LogP contribution in [-0.2, 0) is 37.2 Å². The zero-order chi connectivity index (χ0) is 38.6. The van der Waals surface area contributed by atoms with Crippen LogP contribution in [0, 0.1) is 17.8 Å². The predicted molar refractivity (Wildman–Crippen MR) is 207 cm³/mol. The second kappa shape index (κ2) is 16.5. The molecule has 4 N–H and O–H groups in total. The Morgan fingerprint density at radius 3 is 2.46 bits per heavy atom. The number of hydrogen-bond donors (Lipinski definition) is 4. The van der Waals surface area contributed by atoms with Crippen molar-refractivity contribution in [3.63, 3.8) is 0 Å². The summed E-state index contributed by atoms with van der Waals surface area (Å²) in [7, 11) is -0.671. The number of carbonyl (C=O) groups excluding carboxylic acids is 4. The number of ether oxygens (including phenoxy) is 1. The van der Waals surface area contributed by atoms with Gasteiger partial charge in [0.2, 0.25) is 27.7 Å². The summed E-state index contributed by atoms with van der Waals surface area (Å²) in [5, 5.41) is 7.14. The number of aromatic nitrogens is 1. The maximum atomic E-state index is 14.3. The van der Waals surface area contributed by atoms with Crippen LogP contribution in [0.1, 0.15) is 34.3 Å². The van der Waals surface area contributed by atoms with Gasteiger partial charge in [-0.25, -0.2) is 8.42 Å². The minimum Gasteiger partial charge on any atom is -0.495 e. The zero-order valence-electron chi connectivity index (χ0n) is 30.4. The van der Waals surface area contributed by atoms with Gasteiger partial charge in [0, 0.05) is 60.9 Å². The van der Waals surface area contributed by atoms with Gasteiger partial charge in [0.25, 0.3) is 5.91 Å². The Bertz CT molecular complexity index is 2140. The van der Waals surface area contributed by atoms with Crippen LogP contribution >= 0.6 is 11.6 Å². The summed E-state index contributed by atoms with van der Waals surface area (Å²) in [5.74, 6) is -2.12. The predicted octanol–water partition coefficient (Wildman–Crippen LogP) is 3.84. The van der Waals surface area contributed by atoms with E-state index in [2.05, 4.69) is 20.3 Å². The van der Waals surface area contributed by atoms with Crippen molar-refractivity contribution in [3.05, 3.63) is 94.6 Å². The number of benzene rings is 3. The van der Waals surface area contributed by atoms with Gasteiger partial charge in [-0.3, -0.25) is 23.9 Å². The molecule has 2 aliphatic heterocycles. The smallest absolute Gasteiger partial charge is 0.254 e. The lowest BCUT2D eigenvalue weighted by Crippen LogP contribution is -2.56. The average molecular weight is 777 g/mol. The van der Waals surface area contributed by atoms with Crippen molar-refractivity contribution in [3.8, 4) is 5.75 Å². The molecule has 4 aromatic rings.